The molecule has 0 saturated carbocycles. The Balaban J connectivity index is 2.05. The summed E-state index contributed by atoms with van der Waals surface area (Å²) in [6, 6.07) is 10.4. The first-order chi connectivity index (χ1) is 16.3. The molecule has 0 saturated heterocycles. The Morgan fingerprint density at radius 1 is 1.15 bits per heavy atom. The molecule has 3 aromatic rings. The van der Waals surface area contributed by atoms with E-state index in [1.165, 1.54) is 51.3 Å². The van der Waals surface area contributed by atoms with E-state index < -0.39 is 23.1 Å². The molecule has 180 valence electrons. The number of methoxy groups -OCH3 is 3. The molecule has 0 aliphatic heterocycles. The van der Waals surface area contributed by atoms with Gasteiger partial charge in [-0.3, -0.25) is 9.59 Å². The quantitative estimate of drug-likeness (QED) is 0.284. The zero-order valence-corrected chi connectivity index (χ0v) is 21.0. The van der Waals surface area contributed by atoms with Crippen molar-refractivity contribution in [1.82, 2.24) is 0 Å². The second-order valence-corrected chi connectivity index (χ2v) is 9.01. The number of aromatic hydroxyl groups is 1. The molecule has 0 aliphatic carbocycles. The highest BCUT2D eigenvalue weighted by Gasteiger charge is 2.28. The van der Waals surface area contributed by atoms with Crippen LogP contribution in [-0.2, 0) is 15.3 Å². The van der Waals surface area contributed by atoms with Crippen LogP contribution < -0.4 is 14.9 Å². The lowest BCUT2D eigenvalue weighted by Gasteiger charge is -2.20. The van der Waals surface area contributed by atoms with Crippen molar-refractivity contribution in [1.29, 1.82) is 0 Å². The van der Waals surface area contributed by atoms with Gasteiger partial charge in [0.2, 0.25) is 11.2 Å². The molecular weight excluding hydrogens is 531 g/mol. The molecule has 34 heavy (non-hydrogen) atoms. The Hall–Kier alpha value is -2.98. The minimum atomic E-state index is -0.855. The fourth-order valence-electron chi connectivity index (χ4n) is 3.30. The topological polar surface area (TPSA) is 95.2 Å². The van der Waals surface area contributed by atoms with Crippen LogP contribution in [0, 0.1) is 5.82 Å². The minimum absolute atomic E-state index is 0.0771. The summed E-state index contributed by atoms with van der Waals surface area (Å²) in [4.78, 5) is 25.6. The number of carbonyl (C=O) groups is 1. The van der Waals surface area contributed by atoms with Gasteiger partial charge in [-0.25, -0.2) is 4.39 Å². The lowest BCUT2D eigenvalue weighted by atomic mass is 9.92. The highest BCUT2D eigenvalue weighted by atomic mass is 79.9. The maximum Gasteiger partial charge on any atom is 0.306 e. The van der Waals surface area contributed by atoms with E-state index in [0.717, 1.165) is 4.90 Å². The molecule has 0 spiro atoms. The molecule has 1 atom stereocenters. The summed E-state index contributed by atoms with van der Waals surface area (Å²) in [5, 5.41) is 10.6. The van der Waals surface area contributed by atoms with E-state index in [0.29, 0.717) is 21.5 Å². The molecule has 7 nitrogen and oxygen atoms in total. The Bertz CT molecular complexity index is 1230. The predicted molar refractivity (Wildman–Crippen MR) is 128 cm³/mol. The first-order valence-electron chi connectivity index (χ1n) is 9.99. The summed E-state index contributed by atoms with van der Waals surface area (Å²) >= 11 is 4.75. The molecule has 0 radical (unpaired) electrons. The molecule has 1 aromatic heterocycles. The van der Waals surface area contributed by atoms with E-state index >= 15 is 0 Å². The van der Waals surface area contributed by atoms with E-state index in [1.54, 1.807) is 24.3 Å². The summed E-state index contributed by atoms with van der Waals surface area (Å²) in [6.45, 7) is 0. The number of hydrogen-bond donors (Lipinski definition) is 1. The number of rotatable bonds is 9. The van der Waals surface area contributed by atoms with Crippen molar-refractivity contribution >= 4 is 33.7 Å². The van der Waals surface area contributed by atoms with E-state index in [-0.39, 0.29) is 29.5 Å². The number of esters is 1. The number of ether oxygens (including phenoxy) is 3. The molecule has 1 N–H and O–H groups in total. The summed E-state index contributed by atoms with van der Waals surface area (Å²) in [5.41, 5.74) is -0.123. The van der Waals surface area contributed by atoms with E-state index in [4.69, 9.17) is 18.6 Å². The third-order valence-corrected chi connectivity index (χ3v) is 6.59. The number of benzene rings is 2. The molecule has 0 aliphatic rings. The fraction of sp³-hybridized carbons (Fsp3) is 0.250. The monoisotopic (exact) mass is 552 g/mol. The molecule has 3 rings (SSSR count). The molecule has 0 bridgehead atoms. The largest absolute Gasteiger partial charge is 0.502 e. The van der Waals surface area contributed by atoms with Crippen molar-refractivity contribution < 1.29 is 32.9 Å². The molecule has 1 heterocycles. The van der Waals surface area contributed by atoms with Gasteiger partial charge in [-0.05, 0) is 57.9 Å². The average Bonchev–Trinajstić information content (AvgIpc) is 2.83. The summed E-state index contributed by atoms with van der Waals surface area (Å²) in [6.07, 6.45) is -0.205. The number of carbonyl (C=O) groups excluding carboxylic acids is 1. The highest BCUT2D eigenvalue weighted by Crippen LogP contribution is 2.42. The van der Waals surface area contributed by atoms with E-state index in [1.807, 2.05) is 0 Å². The van der Waals surface area contributed by atoms with E-state index in [9.17, 15) is 19.1 Å². The van der Waals surface area contributed by atoms with Crippen LogP contribution in [0.5, 0.6) is 17.2 Å². The maximum atomic E-state index is 13.2. The first kappa shape index (κ1) is 25.6. The number of hydrogen-bond acceptors (Lipinski definition) is 8. The molecule has 0 fully saturated rings. The van der Waals surface area contributed by atoms with Gasteiger partial charge in [0.05, 0.1) is 43.9 Å². The zero-order chi connectivity index (χ0) is 24.8. The molecule has 0 amide bonds. The Morgan fingerprint density at radius 3 is 2.47 bits per heavy atom. The summed E-state index contributed by atoms with van der Waals surface area (Å²) in [5.74, 6) is -1.10. The standard InChI is InChI=1S/C24H22BrFO7S/c1-30-20-9-13(8-18(25)24(20)32-3)17(11-21(28)31-2)23-22(29)19(27)10-15(33-23)12-34-16-6-4-14(26)5-7-16/h4-10,17,29H,11-12H2,1-3H3/t17-/m1/s1. The van der Waals surface area contributed by atoms with Crippen molar-refractivity contribution in [2.75, 3.05) is 21.3 Å². The third kappa shape index (κ3) is 5.92. The fourth-order valence-corrected chi connectivity index (χ4v) is 4.70. The average molecular weight is 553 g/mol. The van der Waals surface area contributed by atoms with Crippen LogP contribution in [-0.4, -0.2) is 32.4 Å². The van der Waals surface area contributed by atoms with Gasteiger partial charge < -0.3 is 23.7 Å². The molecule has 0 unspecified atom stereocenters. The van der Waals surface area contributed by atoms with Crippen LogP contribution in [0.1, 0.15) is 29.4 Å². The van der Waals surface area contributed by atoms with E-state index in [2.05, 4.69) is 15.9 Å². The number of thioether (sulfide) groups is 1. The molecule has 2 aromatic carbocycles. The van der Waals surface area contributed by atoms with Crippen molar-refractivity contribution in [3.63, 3.8) is 0 Å². The Morgan fingerprint density at radius 2 is 1.85 bits per heavy atom. The number of halogens is 2. The normalized spacial score (nSPS) is 11.7. The van der Waals surface area contributed by atoms with Gasteiger partial charge in [0, 0.05) is 11.0 Å². The smallest absolute Gasteiger partial charge is 0.306 e. The first-order valence-corrected chi connectivity index (χ1v) is 11.8. The SMILES string of the molecule is COC(=O)C[C@H](c1cc(Br)c(OC)c(OC)c1)c1oc(CSc2ccc(F)cc2)cc(=O)c1O. The third-order valence-electron chi connectivity index (χ3n) is 4.97. The van der Waals surface area contributed by atoms with Gasteiger partial charge >= 0.3 is 5.97 Å². The van der Waals surface area contributed by atoms with Crippen LogP contribution in [0.2, 0.25) is 0 Å². The van der Waals surface area contributed by atoms with Crippen molar-refractivity contribution in [3.05, 3.63) is 80.1 Å². The Kier molecular flexibility index (Phi) is 8.62. The lowest BCUT2D eigenvalue weighted by Crippen LogP contribution is -2.14. The van der Waals surface area contributed by atoms with Crippen LogP contribution in [0.4, 0.5) is 4.39 Å². The predicted octanol–water partition coefficient (Wildman–Crippen LogP) is 5.25. The summed E-state index contributed by atoms with van der Waals surface area (Å²) in [7, 11) is 4.20. The van der Waals surface area contributed by atoms with Gasteiger partial charge in [-0.2, -0.15) is 0 Å². The molecule has 10 heteroatoms. The van der Waals surface area contributed by atoms with Crippen LogP contribution in [0.15, 0.2) is 61.0 Å². The van der Waals surface area contributed by atoms with Crippen LogP contribution >= 0.6 is 27.7 Å². The Labute approximate surface area is 208 Å². The molecular formula is C24H22BrFO7S. The minimum Gasteiger partial charge on any atom is -0.502 e. The highest BCUT2D eigenvalue weighted by molar-refractivity contribution is 9.10. The van der Waals surface area contributed by atoms with Crippen molar-refractivity contribution in [2.45, 2.75) is 23.0 Å². The lowest BCUT2D eigenvalue weighted by molar-refractivity contribution is -0.140. The van der Waals surface area contributed by atoms with Crippen molar-refractivity contribution in [2.24, 2.45) is 0 Å². The second kappa shape index (κ2) is 11.4. The summed E-state index contributed by atoms with van der Waals surface area (Å²) < 4.78 is 35.2. The van der Waals surface area contributed by atoms with Crippen LogP contribution in [0.25, 0.3) is 0 Å². The van der Waals surface area contributed by atoms with Gasteiger partial charge in [0.15, 0.2) is 17.3 Å². The second-order valence-electron chi connectivity index (χ2n) is 7.10. The van der Waals surface area contributed by atoms with Crippen LogP contribution in [0.3, 0.4) is 0 Å². The maximum absolute atomic E-state index is 13.2. The van der Waals surface area contributed by atoms with Gasteiger partial charge in [0.1, 0.15) is 11.6 Å². The zero-order valence-electron chi connectivity index (χ0n) is 18.6. The van der Waals surface area contributed by atoms with Gasteiger partial charge in [-0.15, -0.1) is 11.8 Å². The van der Waals surface area contributed by atoms with Crippen molar-refractivity contribution in [3.8, 4) is 17.2 Å². The van der Waals surface area contributed by atoms with Gasteiger partial charge in [0.25, 0.3) is 0 Å². The van der Waals surface area contributed by atoms with Gasteiger partial charge in [-0.1, -0.05) is 0 Å².